The lowest BCUT2D eigenvalue weighted by Gasteiger charge is -2.34. The fraction of sp³-hybridized carbons (Fsp3) is 0.667. The fourth-order valence-electron chi connectivity index (χ4n) is 3.10. The van der Waals surface area contributed by atoms with Gasteiger partial charge >= 0.3 is 6.09 Å². The number of hydrogen-bond donors (Lipinski definition) is 1. The number of carbonyl (C=O) groups is 1. The van der Waals surface area contributed by atoms with Crippen LogP contribution in [0.3, 0.4) is 0 Å². The molecule has 1 aliphatic heterocycles. The maximum absolute atomic E-state index is 12.3. The first-order chi connectivity index (χ1) is 13.6. The van der Waals surface area contributed by atoms with Crippen LogP contribution in [-0.2, 0) is 9.47 Å². The van der Waals surface area contributed by atoms with E-state index in [4.69, 9.17) is 14.2 Å². The number of nitrogens with one attached hydrogen (secondary N) is 1. The lowest BCUT2D eigenvalue weighted by Crippen LogP contribution is -2.48. The summed E-state index contributed by atoms with van der Waals surface area (Å²) in [7, 11) is 3.74. The van der Waals surface area contributed by atoms with Crippen molar-refractivity contribution in [3.63, 3.8) is 0 Å². The van der Waals surface area contributed by atoms with E-state index in [9.17, 15) is 4.79 Å². The molecule has 7 nitrogen and oxygen atoms in total. The lowest BCUT2D eigenvalue weighted by molar-refractivity contribution is 0.0157. The predicted octanol–water partition coefficient (Wildman–Crippen LogP) is 3.07. The zero-order valence-electron chi connectivity index (χ0n) is 17.5. The molecule has 1 fully saturated rings. The SMILES string of the molecule is CCCCCOc1ccc(NC(=O)O[C@H](COC)CN2CCN(C)CC2)cc1. The second-order valence-electron chi connectivity index (χ2n) is 7.29. The molecule has 1 aromatic carbocycles. The van der Waals surface area contributed by atoms with Gasteiger partial charge in [-0.25, -0.2) is 4.79 Å². The first-order valence-corrected chi connectivity index (χ1v) is 10.2. The summed E-state index contributed by atoms with van der Waals surface area (Å²) in [5.41, 5.74) is 0.682. The number of benzene rings is 1. The molecular formula is C21H35N3O4. The van der Waals surface area contributed by atoms with Crippen molar-refractivity contribution >= 4 is 11.8 Å². The maximum Gasteiger partial charge on any atom is 0.412 e. The molecule has 0 radical (unpaired) electrons. The van der Waals surface area contributed by atoms with Gasteiger partial charge in [0.15, 0.2) is 0 Å². The van der Waals surface area contributed by atoms with Gasteiger partial charge < -0.3 is 19.1 Å². The molecule has 1 amide bonds. The minimum atomic E-state index is -0.465. The van der Waals surface area contributed by atoms with Crippen molar-refractivity contribution in [2.24, 2.45) is 0 Å². The van der Waals surface area contributed by atoms with E-state index in [0.717, 1.165) is 38.3 Å². The van der Waals surface area contributed by atoms with Crippen LogP contribution in [0.15, 0.2) is 24.3 Å². The van der Waals surface area contributed by atoms with Gasteiger partial charge in [-0.1, -0.05) is 19.8 Å². The molecule has 28 heavy (non-hydrogen) atoms. The third kappa shape index (κ3) is 8.46. The average Bonchev–Trinajstić information content (AvgIpc) is 2.68. The summed E-state index contributed by atoms with van der Waals surface area (Å²) >= 11 is 0. The maximum atomic E-state index is 12.3. The lowest BCUT2D eigenvalue weighted by atomic mass is 10.2. The standard InChI is InChI=1S/C21H35N3O4/c1-4-5-6-15-27-19-9-7-18(8-10-19)22-21(25)28-20(17-26-3)16-24-13-11-23(2)12-14-24/h7-10,20H,4-6,11-17H2,1-3H3,(H,22,25)/t20-/m0/s1. The molecule has 0 aromatic heterocycles. The van der Waals surface area contributed by atoms with Gasteiger partial charge in [-0.15, -0.1) is 0 Å². The van der Waals surface area contributed by atoms with Crippen LogP contribution in [-0.4, -0.2) is 82.1 Å². The Labute approximate surface area is 168 Å². The van der Waals surface area contributed by atoms with E-state index < -0.39 is 6.09 Å². The van der Waals surface area contributed by atoms with Gasteiger partial charge in [0.1, 0.15) is 11.9 Å². The molecule has 1 saturated heterocycles. The number of hydrogen-bond acceptors (Lipinski definition) is 6. The van der Waals surface area contributed by atoms with Crippen LogP contribution >= 0.6 is 0 Å². The third-order valence-corrected chi connectivity index (χ3v) is 4.80. The normalized spacial score (nSPS) is 16.5. The summed E-state index contributed by atoms with van der Waals surface area (Å²) in [5.74, 6) is 0.808. The highest BCUT2D eigenvalue weighted by Crippen LogP contribution is 2.16. The number of amides is 1. The summed E-state index contributed by atoms with van der Waals surface area (Å²) in [6.07, 6.45) is 2.63. The zero-order chi connectivity index (χ0) is 20.2. The summed E-state index contributed by atoms with van der Waals surface area (Å²) in [6, 6.07) is 7.36. The largest absolute Gasteiger partial charge is 0.494 e. The van der Waals surface area contributed by atoms with Gasteiger partial charge in [0.25, 0.3) is 0 Å². The average molecular weight is 394 g/mol. The molecule has 1 aliphatic rings. The summed E-state index contributed by atoms with van der Waals surface area (Å²) in [4.78, 5) is 16.9. The minimum Gasteiger partial charge on any atom is -0.494 e. The molecule has 0 aliphatic carbocycles. The number of piperazine rings is 1. The van der Waals surface area contributed by atoms with Crippen molar-refractivity contribution in [2.45, 2.75) is 32.3 Å². The first kappa shape index (κ1) is 22.5. The molecule has 2 rings (SSSR count). The van der Waals surface area contributed by atoms with Gasteiger partial charge in [0, 0.05) is 45.5 Å². The Bertz CT molecular complexity index is 559. The molecule has 1 aromatic rings. The van der Waals surface area contributed by atoms with Crippen LogP contribution < -0.4 is 10.1 Å². The molecule has 0 unspecified atom stereocenters. The molecule has 1 N–H and O–H groups in total. The topological polar surface area (TPSA) is 63.3 Å². The number of methoxy groups -OCH3 is 1. The van der Waals surface area contributed by atoms with Crippen molar-refractivity contribution in [3.05, 3.63) is 24.3 Å². The zero-order valence-corrected chi connectivity index (χ0v) is 17.5. The van der Waals surface area contributed by atoms with Crippen LogP contribution in [0.25, 0.3) is 0 Å². The second kappa shape index (κ2) is 12.6. The first-order valence-electron chi connectivity index (χ1n) is 10.2. The number of likely N-dealkylation sites (N-methyl/N-ethyl adjacent to an activating group) is 1. The van der Waals surface area contributed by atoms with Crippen molar-refractivity contribution in [2.75, 3.05) is 65.4 Å². The molecule has 0 spiro atoms. The van der Waals surface area contributed by atoms with Gasteiger partial charge in [0.05, 0.1) is 13.2 Å². The van der Waals surface area contributed by atoms with Gasteiger partial charge in [-0.3, -0.25) is 10.2 Å². The molecule has 0 saturated carbocycles. The second-order valence-corrected chi connectivity index (χ2v) is 7.29. The number of carbonyl (C=O) groups excluding carboxylic acids is 1. The Morgan fingerprint density at radius 2 is 1.86 bits per heavy atom. The Balaban J connectivity index is 1.76. The van der Waals surface area contributed by atoms with Crippen LogP contribution in [0.5, 0.6) is 5.75 Å². The third-order valence-electron chi connectivity index (χ3n) is 4.80. The van der Waals surface area contributed by atoms with E-state index >= 15 is 0 Å². The summed E-state index contributed by atoms with van der Waals surface area (Å²) < 4.78 is 16.5. The van der Waals surface area contributed by atoms with E-state index in [2.05, 4.69) is 29.1 Å². The molecule has 1 atom stereocenters. The number of ether oxygens (including phenoxy) is 3. The van der Waals surface area contributed by atoms with E-state index in [-0.39, 0.29) is 6.10 Å². The quantitative estimate of drug-likeness (QED) is 0.583. The molecular weight excluding hydrogens is 358 g/mol. The Morgan fingerprint density at radius 1 is 1.14 bits per heavy atom. The Hall–Kier alpha value is -1.83. The van der Waals surface area contributed by atoms with Crippen LogP contribution in [0, 0.1) is 0 Å². The van der Waals surface area contributed by atoms with Gasteiger partial charge in [-0.05, 0) is 37.7 Å². The summed E-state index contributed by atoms with van der Waals surface area (Å²) in [6.45, 7) is 7.94. The molecule has 7 heteroatoms. The monoisotopic (exact) mass is 393 g/mol. The molecule has 1 heterocycles. The van der Waals surface area contributed by atoms with Gasteiger partial charge in [0.2, 0.25) is 0 Å². The highest BCUT2D eigenvalue weighted by molar-refractivity contribution is 5.84. The number of anilines is 1. The Kier molecular flexibility index (Phi) is 10.1. The van der Waals surface area contributed by atoms with Crippen LogP contribution in [0.1, 0.15) is 26.2 Å². The number of nitrogens with zero attached hydrogens (tertiary/aromatic N) is 2. The summed E-state index contributed by atoms with van der Waals surface area (Å²) in [5, 5.41) is 2.78. The van der Waals surface area contributed by atoms with E-state index in [1.807, 2.05) is 24.3 Å². The van der Waals surface area contributed by atoms with Crippen LogP contribution in [0.4, 0.5) is 10.5 Å². The van der Waals surface area contributed by atoms with E-state index in [1.165, 1.54) is 12.8 Å². The van der Waals surface area contributed by atoms with Crippen molar-refractivity contribution in [3.8, 4) is 5.75 Å². The minimum absolute atomic E-state index is 0.297. The highest BCUT2D eigenvalue weighted by atomic mass is 16.6. The molecule has 158 valence electrons. The van der Waals surface area contributed by atoms with Crippen LogP contribution in [0.2, 0.25) is 0 Å². The van der Waals surface area contributed by atoms with E-state index in [0.29, 0.717) is 25.4 Å². The molecule has 0 bridgehead atoms. The predicted molar refractivity (Wildman–Crippen MR) is 111 cm³/mol. The van der Waals surface area contributed by atoms with Crippen molar-refractivity contribution in [1.29, 1.82) is 0 Å². The number of unbranched alkanes of at least 4 members (excludes halogenated alkanes) is 2. The Morgan fingerprint density at radius 3 is 2.50 bits per heavy atom. The van der Waals surface area contributed by atoms with Crippen molar-refractivity contribution < 1.29 is 19.0 Å². The van der Waals surface area contributed by atoms with E-state index in [1.54, 1.807) is 7.11 Å². The van der Waals surface area contributed by atoms with Crippen molar-refractivity contribution in [1.82, 2.24) is 9.80 Å². The smallest absolute Gasteiger partial charge is 0.412 e. The highest BCUT2D eigenvalue weighted by Gasteiger charge is 2.21. The fourth-order valence-corrected chi connectivity index (χ4v) is 3.10. The number of rotatable bonds is 11. The van der Waals surface area contributed by atoms with Gasteiger partial charge in [-0.2, -0.15) is 0 Å².